The molecule has 1 saturated carbocycles. The fraction of sp³-hybridized carbons (Fsp3) is 0.417. The number of amides is 1. The second-order valence-corrected chi connectivity index (χ2v) is 5.17. The second-order valence-electron chi connectivity index (χ2n) is 4.25. The van der Waals surface area contributed by atoms with Crippen LogP contribution in [-0.4, -0.2) is 5.91 Å². The van der Waals surface area contributed by atoms with Crippen LogP contribution in [0.15, 0.2) is 28.7 Å². The highest BCUT2D eigenvalue weighted by molar-refractivity contribution is 9.10. The van der Waals surface area contributed by atoms with Crippen LogP contribution in [0.2, 0.25) is 0 Å². The molecule has 80 valence electrons. The van der Waals surface area contributed by atoms with Crippen LogP contribution in [0.4, 0.5) is 0 Å². The highest BCUT2D eigenvalue weighted by Gasteiger charge is 2.43. The molecule has 1 amide bonds. The molecule has 0 heterocycles. The number of benzene rings is 1. The van der Waals surface area contributed by atoms with Gasteiger partial charge in [-0.1, -0.05) is 35.0 Å². The third kappa shape index (κ3) is 2.23. The van der Waals surface area contributed by atoms with E-state index in [2.05, 4.69) is 28.1 Å². The van der Waals surface area contributed by atoms with Gasteiger partial charge < -0.3 is 5.73 Å². The first-order valence-corrected chi connectivity index (χ1v) is 5.93. The molecular weight excluding hydrogens is 254 g/mol. The Morgan fingerprint density at radius 2 is 2.33 bits per heavy atom. The van der Waals surface area contributed by atoms with Crippen LogP contribution in [0, 0.1) is 11.8 Å². The molecule has 1 aliphatic carbocycles. The first-order chi connectivity index (χ1) is 7.09. The summed E-state index contributed by atoms with van der Waals surface area (Å²) < 4.78 is 1.09. The molecule has 2 rings (SSSR count). The Hall–Kier alpha value is -0.830. The summed E-state index contributed by atoms with van der Waals surface area (Å²) in [5.74, 6) is 0.772. The third-order valence-electron chi connectivity index (χ3n) is 3.21. The molecule has 0 bridgehead atoms. The Morgan fingerprint density at radius 3 is 2.93 bits per heavy atom. The third-order valence-corrected chi connectivity index (χ3v) is 3.70. The van der Waals surface area contributed by atoms with E-state index < -0.39 is 0 Å². The minimum absolute atomic E-state index is 0.00557. The summed E-state index contributed by atoms with van der Waals surface area (Å²) in [5, 5.41) is 0. The van der Waals surface area contributed by atoms with Crippen molar-refractivity contribution in [2.24, 2.45) is 17.6 Å². The molecule has 0 spiro atoms. The maximum atomic E-state index is 11.0. The number of hydrogen-bond acceptors (Lipinski definition) is 1. The Bertz CT molecular complexity index is 391. The average Bonchev–Trinajstić information content (AvgIpc) is 2.96. The van der Waals surface area contributed by atoms with Gasteiger partial charge in [-0.3, -0.25) is 4.79 Å². The quantitative estimate of drug-likeness (QED) is 0.899. The lowest BCUT2D eigenvalue weighted by Gasteiger charge is -2.06. The van der Waals surface area contributed by atoms with E-state index in [9.17, 15) is 4.79 Å². The molecule has 15 heavy (non-hydrogen) atoms. The van der Waals surface area contributed by atoms with Crippen LogP contribution in [0.5, 0.6) is 0 Å². The van der Waals surface area contributed by atoms with Crippen LogP contribution in [0.3, 0.4) is 0 Å². The zero-order chi connectivity index (χ0) is 11.0. The van der Waals surface area contributed by atoms with Crippen molar-refractivity contribution in [2.75, 3.05) is 0 Å². The van der Waals surface area contributed by atoms with Crippen molar-refractivity contribution in [3.05, 3.63) is 34.3 Å². The number of hydrogen-bond donors (Lipinski definition) is 1. The maximum Gasteiger partial charge on any atom is 0.220 e. The Morgan fingerprint density at radius 1 is 1.60 bits per heavy atom. The van der Waals surface area contributed by atoms with Gasteiger partial charge in [-0.05, 0) is 36.0 Å². The molecular formula is C12H14BrNO. The molecule has 0 aliphatic heterocycles. The smallest absolute Gasteiger partial charge is 0.220 e. The van der Waals surface area contributed by atoms with Crippen molar-refractivity contribution in [3.8, 4) is 0 Å². The van der Waals surface area contributed by atoms with Crippen molar-refractivity contribution in [3.63, 3.8) is 0 Å². The molecule has 0 radical (unpaired) electrons. The zero-order valence-corrected chi connectivity index (χ0v) is 10.2. The molecule has 2 N–H and O–H groups in total. The summed E-state index contributed by atoms with van der Waals surface area (Å²) in [6.45, 7) is 1.92. The summed E-state index contributed by atoms with van der Waals surface area (Å²) >= 11 is 3.45. The first kappa shape index (κ1) is 10.7. The van der Waals surface area contributed by atoms with Gasteiger partial charge in [0, 0.05) is 10.4 Å². The molecule has 3 atom stereocenters. The maximum absolute atomic E-state index is 11.0. The van der Waals surface area contributed by atoms with E-state index in [0.717, 1.165) is 10.9 Å². The lowest BCUT2D eigenvalue weighted by Crippen LogP contribution is -2.22. The standard InChI is InChI=1S/C12H14BrNO/c1-7(12(14)15)10-6-11(10)8-3-2-4-9(13)5-8/h2-5,7,10-11H,6H2,1H3,(H2,14,15). The summed E-state index contributed by atoms with van der Waals surface area (Å²) in [6.07, 6.45) is 1.08. The van der Waals surface area contributed by atoms with Gasteiger partial charge >= 0.3 is 0 Å². The fourth-order valence-corrected chi connectivity index (χ4v) is 2.52. The molecule has 3 heteroatoms. The van der Waals surface area contributed by atoms with E-state index >= 15 is 0 Å². The molecule has 1 aliphatic rings. The summed E-state index contributed by atoms with van der Waals surface area (Å²) in [7, 11) is 0. The lowest BCUT2D eigenvalue weighted by atomic mass is 10.0. The summed E-state index contributed by atoms with van der Waals surface area (Å²) in [4.78, 5) is 11.0. The van der Waals surface area contributed by atoms with E-state index in [1.165, 1.54) is 5.56 Å². The van der Waals surface area contributed by atoms with Crippen LogP contribution in [0.1, 0.15) is 24.8 Å². The van der Waals surface area contributed by atoms with Gasteiger partial charge in [-0.2, -0.15) is 0 Å². The van der Waals surface area contributed by atoms with Crippen molar-refractivity contribution in [1.82, 2.24) is 0 Å². The van der Waals surface area contributed by atoms with Gasteiger partial charge in [0.1, 0.15) is 0 Å². The van der Waals surface area contributed by atoms with Crippen LogP contribution in [-0.2, 0) is 4.79 Å². The summed E-state index contributed by atoms with van der Waals surface area (Å²) in [6, 6.07) is 8.28. The molecule has 2 nitrogen and oxygen atoms in total. The number of nitrogens with two attached hydrogens (primary N) is 1. The molecule has 0 aromatic heterocycles. The Kier molecular flexibility index (Phi) is 2.83. The predicted octanol–water partition coefficient (Wildman–Crippen LogP) is 2.67. The van der Waals surface area contributed by atoms with E-state index in [1.807, 2.05) is 19.1 Å². The monoisotopic (exact) mass is 267 g/mol. The predicted molar refractivity (Wildman–Crippen MR) is 63.3 cm³/mol. The van der Waals surface area contributed by atoms with Gasteiger partial charge in [-0.25, -0.2) is 0 Å². The fourth-order valence-electron chi connectivity index (χ4n) is 2.10. The number of halogens is 1. The Balaban J connectivity index is 2.08. The van der Waals surface area contributed by atoms with Crippen molar-refractivity contribution in [2.45, 2.75) is 19.3 Å². The van der Waals surface area contributed by atoms with E-state index in [1.54, 1.807) is 0 Å². The molecule has 3 unspecified atom stereocenters. The van der Waals surface area contributed by atoms with Crippen molar-refractivity contribution < 1.29 is 4.79 Å². The van der Waals surface area contributed by atoms with Crippen molar-refractivity contribution in [1.29, 1.82) is 0 Å². The van der Waals surface area contributed by atoms with Gasteiger partial charge in [-0.15, -0.1) is 0 Å². The van der Waals surface area contributed by atoms with Gasteiger partial charge in [0.25, 0.3) is 0 Å². The molecule has 1 aromatic rings. The highest BCUT2D eigenvalue weighted by Crippen LogP contribution is 2.51. The van der Waals surface area contributed by atoms with Gasteiger partial charge in [0.15, 0.2) is 0 Å². The highest BCUT2D eigenvalue weighted by atomic mass is 79.9. The van der Waals surface area contributed by atoms with E-state index in [0.29, 0.717) is 11.8 Å². The number of primary amides is 1. The largest absolute Gasteiger partial charge is 0.369 e. The second kappa shape index (κ2) is 3.97. The number of carbonyl (C=O) groups is 1. The summed E-state index contributed by atoms with van der Waals surface area (Å²) in [5.41, 5.74) is 6.61. The molecule has 1 fully saturated rings. The van der Waals surface area contributed by atoms with E-state index in [-0.39, 0.29) is 11.8 Å². The van der Waals surface area contributed by atoms with Gasteiger partial charge in [0.05, 0.1) is 0 Å². The Labute approximate surface area is 98.0 Å². The normalized spacial score (nSPS) is 26.0. The average molecular weight is 268 g/mol. The van der Waals surface area contributed by atoms with Gasteiger partial charge in [0.2, 0.25) is 5.91 Å². The topological polar surface area (TPSA) is 43.1 Å². The first-order valence-electron chi connectivity index (χ1n) is 5.14. The lowest BCUT2D eigenvalue weighted by molar-refractivity contribution is -0.121. The zero-order valence-electron chi connectivity index (χ0n) is 8.61. The van der Waals surface area contributed by atoms with Crippen LogP contribution < -0.4 is 5.73 Å². The number of rotatable bonds is 3. The van der Waals surface area contributed by atoms with Crippen LogP contribution >= 0.6 is 15.9 Å². The minimum Gasteiger partial charge on any atom is -0.369 e. The van der Waals surface area contributed by atoms with Crippen LogP contribution in [0.25, 0.3) is 0 Å². The molecule has 0 saturated heterocycles. The SMILES string of the molecule is CC(C(N)=O)C1CC1c1cccc(Br)c1. The van der Waals surface area contributed by atoms with E-state index in [4.69, 9.17) is 5.73 Å². The van der Waals surface area contributed by atoms with Crippen molar-refractivity contribution >= 4 is 21.8 Å². The number of carbonyl (C=O) groups excluding carboxylic acids is 1. The minimum atomic E-state index is -0.183. The molecule has 1 aromatic carbocycles.